The lowest BCUT2D eigenvalue weighted by Gasteiger charge is -2.05. The van der Waals surface area contributed by atoms with Gasteiger partial charge in [-0.25, -0.2) is 13.8 Å². The standard InChI is InChI=1S/C14H18N2O5S/c1-21-13-3-2-10(6-12(13)17)8-15-16-14(18)7-11-4-5-22(19,20)9-11/h2-3,6,8,11,17H,4-5,7,9H2,1H3,(H,16,18)/b15-8-/t11-/m0/s1. The van der Waals surface area contributed by atoms with Crippen molar-refractivity contribution < 1.29 is 23.1 Å². The number of hydrazone groups is 1. The topological polar surface area (TPSA) is 105 Å². The van der Waals surface area contributed by atoms with E-state index in [2.05, 4.69) is 10.5 Å². The zero-order chi connectivity index (χ0) is 16.2. The van der Waals surface area contributed by atoms with Crippen molar-refractivity contribution in [1.29, 1.82) is 0 Å². The molecule has 1 aliphatic heterocycles. The Bertz CT molecular complexity index is 684. The van der Waals surface area contributed by atoms with Gasteiger partial charge in [0.25, 0.3) is 0 Å². The summed E-state index contributed by atoms with van der Waals surface area (Å²) in [5.74, 6) is 0.0920. The number of sulfone groups is 1. The summed E-state index contributed by atoms with van der Waals surface area (Å²) in [5, 5.41) is 13.4. The van der Waals surface area contributed by atoms with Crippen LogP contribution in [0.4, 0.5) is 0 Å². The molecule has 1 amide bonds. The lowest BCUT2D eigenvalue weighted by molar-refractivity contribution is -0.121. The first-order valence-electron chi connectivity index (χ1n) is 6.79. The summed E-state index contributed by atoms with van der Waals surface area (Å²) in [6.07, 6.45) is 2.05. The molecule has 0 spiro atoms. The molecule has 22 heavy (non-hydrogen) atoms. The average Bonchev–Trinajstić information content (AvgIpc) is 2.78. The molecule has 0 radical (unpaired) electrons. The van der Waals surface area contributed by atoms with E-state index in [4.69, 9.17) is 4.74 Å². The third-order valence-electron chi connectivity index (χ3n) is 3.41. The molecule has 0 aromatic heterocycles. The van der Waals surface area contributed by atoms with Crippen molar-refractivity contribution >= 4 is 22.0 Å². The van der Waals surface area contributed by atoms with E-state index in [1.165, 1.54) is 19.4 Å². The molecule has 2 N–H and O–H groups in total. The van der Waals surface area contributed by atoms with Gasteiger partial charge in [-0.15, -0.1) is 0 Å². The van der Waals surface area contributed by atoms with Gasteiger partial charge >= 0.3 is 0 Å². The smallest absolute Gasteiger partial charge is 0.240 e. The number of nitrogens with zero attached hydrogens (tertiary/aromatic N) is 1. The highest BCUT2D eigenvalue weighted by Crippen LogP contribution is 2.25. The number of amides is 1. The van der Waals surface area contributed by atoms with E-state index < -0.39 is 9.84 Å². The zero-order valence-electron chi connectivity index (χ0n) is 12.2. The van der Waals surface area contributed by atoms with Crippen molar-refractivity contribution in [3.8, 4) is 11.5 Å². The molecule has 1 aromatic rings. The fraction of sp³-hybridized carbons (Fsp3) is 0.429. The zero-order valence-corrected chi connectivity index (χ0v) is 13.0. The summed E-state index contributed by atoms with van der Waals surface area (Å²) in [7, 11) is -1.52. The predicted octanol–water partition coefficient (Wildman–Crippen LogP) is 0.676. The van der Waals surface area contributed by atoms with Gasteiger partial charge in [-0.2, -0.15) is 5.10 Å². The van der Waals surface area contributed by atoms with Crippen LogP contribution in [0.3, 0.4) is 0 Å². The minimum Gasteiger partial charge on any atom is -0.504 e. The van der Waals surface area contributed by atoms with Crippen LogP contribution in [-0.4, -0.2) is 44.3 Å². The van der Waals surface area contributed by atoms with Crippen molar-refractivity contribution in [3.05, 3.63) is 23.8 Å². The van der Waals surface area contributed by atoms with Gasteiger partial charge in [0.15, 0.2) is 21.3 Å². The molecule has 1 atom stereocenters. The number of ether oxygens (including phenoxy) is 1. The summed E-state index contributed by atoms with van der Waals surface area (Å²) in [6.45, 7) is 0. The van der Waals surface area contributed by atoms with E-state index in [1.54, 1.807) is 12.1 Å². The van der Waals surface area contributed by atoms with E-state index in [-0.39, 0.29) is 35.5 Å². The van der Waals surface area contributed by atoms with Gasteiger partial charge in [0.05, 0.1) is 24.8 Å². The molecular formula is C14H18N2O5S. The minimum absolute atomic E-state index is 0.0195. The van der Waals surface area contributed by atoms with Gasteiger partial charge in [-0.05, 0) is 36.1 Å². The van der Waals surface area contributed by atoms with Gasteiger partial charge < -0.3 is 9.84 Å². The number of aromatic hydroxyl groups is 1. The monoisotopic (exact) mass is 326 g/mol. The van der Waals surface area contributed by atoms with E-state index >= 15 is 0 Å². The number of rotatable bonds is 5. The van der Waals surface area contributed by atoms with Gasteiger partial charge in [0, 0.05) is 6.42 Å². The quantitative estimate of drug-likeness (QED) is 0.611. The van der Waals surface area contributed by atoms with Crippen LogP contribution in [0.1, 0.15) is 18.4 Å². The van der Waals surface area contributed by atoms with E-state index in [0.29, 0.717) is 17.7 Å². The second-order valence-electron chi connectivity index (χ2n) is 5.20. The fourth-order valence-corrected chi connectivity index (χ4v) is 4.17. The molecule has 1 heterocycles. The van der Waals surface area contributed by atoms with Crippen LogP contribution in [0.25, 0.3) is 0 Å². The van der Waals surface area contributed by atoms with Crippen LogP contribution < -0.4 is 10.2 Å². The summed E-state index contributed by atoms with van der Waals surface area (Å²) in [4.78, 5) is 11.7. The van der Waals surface area contributed by atoms with Gasteiger partial charge in [0.1, 0.15) is 0 Å². The van der Waals surface area contributed by atoms with E-state index in [9.17, 15) is 18.3 Å². The van der Waals surface area contributed by atoms with Crippen LogP contribution >= 0.6 is 0 Å². The molecule has 7 nitrogen and oxygen atoms in total. The molecule has 1 aromatic carbocycles. The number of hydrogen-bond donors (Lipinski definition) is 2. The number of phenolic OH excluding ortho intramolecular Hbond substituents is 1. The Morgan fingerprint density at radius 1 is 1.55 bits per heavy atom. The highest BCUT2D eigenvalue weighted by molar-refractivity contribution is 7.91. The molecule has 0 unspecified atom stereocenters. The second-order valence-corrected chi connectivity index (χ2v) is 7.43. The summed E-state index contributed by atoms with van der Waals surface area (Å²) in [6, 6.07) is 4.72. The number of hydrogen-bond acceptors (Lipinski definition) is 6. The number of benzene rings is 1. The van der Waals surface area contributed by atoms with E-state index in [0.717, 1.165) is 0 Å². The molecule has 0 aliphatic carbocycles. The molecule has 1 fully saturated rings. The lowest BCUT2D eigenvalue weighted by Crippen LogP contribution is -2.21. The molecule has 0 bridgehead atoms. The van der Waals surface area contributed by atoms with E-state index in [1.807, 2.05) is 0 Å². The first kappa shape index (κ1) is 16.3. The van der Waals surface area contributed by atoms with Crippen molar-refractivity contribution in [2.24, 2.45) is 11.0 Å². The Balaban J connectivity index is 1.84. The molecule has 0 saturated carbocycles. The van der Waals surface area contributed by atoms with Crippen molar-refractivity contribution in [3.63, 3.8) is 0 Å². The van der Waals surface area contributed by atoms with Crippen molar-refractivity contribution in [2.75, 3.05) is 18.6 Å². The van der Waals surface area contributed by atoms with Crippen molar-refractivity contribution in [1.82, 2.24) is 5.43 Å². The first-order valence-corrected chi connectivity index (χ1v) is 8.61. The maximum atomic E-state index is 11.7. The third-order valence-corrected chi connectivity index (χ3v) is 5.24. The molecule has 1 saturated heterocycles. The molecule has 8 heteroatoms. The summed E-state index contributed by atoms with van der Waals surface area (Å²) in [5.41, 5.74) is 2.96. The Hall–Kier alpha value is -2.09. The molecular weight excluding hydrogens is 308 g/mol. The number of phenols is 1. The number of carbonyl (C=O) groups excluding carboxylic acids is 1. The number of carbonyl (C=O) groups is 1. The van der Waals surface area contributed by atoms with Crippen LogP contribution in [-0.2, 0) is 14.6 Å². The lowest BCUT2D eigenvalue weighted by atomic mass is 10.1. The highest BCUT2D eigenvalue weighted by atomic mass is 32.2. The second kappa shape index (κ2) is 6.78. The Labute approximate surface area is 128 Å². The summed E-state index contributed by atoms with van der Waals surface area (Å²) >= 11 is 0. The number of methoxy groups -OCH3 is 1. The molecule has 1 aliphatic rings. The predicted molar refractivity (Wildman–Crippen MR) is 81.8 cm³/mol. The largest absolute Gasteiger partial charge is 0.504 e. The van der Waals surface area contributed by atoms with Gasteiger partial charge in [-0.1, -0.05) is 0 Å². The summed E-state index contributed by atoms with van der Waals surface area (Å²) < 4.78 is 27.5. The Kier molecular flexibility index (Phi) is 5.02. The number of nitrogens with one attached hydrogen (secondary N) is 1. The highest BCUT2D eigenvalue weighted by Gasteiger charge is 2.29. The maximum Gasteiger partial charge on any atom is 0.240 e. The average molecular weight is 326 g/mol. The van der Waals surface area contributed by atoms with Crippen LogP contribution in [0.15, 0.2) is 23.3 Å². The van der Waals surface area contributed by atoms with Crippen LogP contribution in [0.2, 0.25) is 0 Å². The Morgan fingerprint density at radius 2 is 2.32 bits per heavy atom. The van der Waals surface area contributed by atoms with Gasteiger partial charge in [0.2, 0.25) is 5.91 Å². The minimum atomic E-state index is -2.97. The van der Waals surface area contributed by atoms with Gasteiger partial charge in [-0.3, -0.25) is 4.79 Å². The van der Waals surface area contributed by atoms with Crippen LogP contribution in [0.5, 0.6) is 11.5 Å². The molecule has 2 rings (SSSR count). The SMILES string of the molecule is COc1ccc(/C=N\NC(=O)C[C@@H]2CCS(=O)(=O)C2)cc1O. The molecule has 120 valence electrons. The van der Waals surface area contributed by atoms with Crippen LogP contribution in [0, 0.1) is 5.92 Å². The first-order chi connectivity index (χ1) is 10.4. The fourth-order valence-electron chi connectivity index (χ4n) is 2.31. The van der Waals surface area contributed by atoms with Crippen molar-refractivity contribution in [2.45, 2.75) is 12.8 Å². The maximum absolute atomic E-state index is 11.7. The Morgan fingerprint density at radius 3 is 2.91 bits per heavy atom. The normalized spacial score (nSPS) is 20.1. The third kappa shape index (κ3) is 4.45.